The number of rotatable bonds is 15. The minimum atomic E-state index is -1.29. The second kappa shape index (κ2) is 18.1. The largest absolute Gasteiger partial charge is 0.490 e. The van der Waals surface area contributed by atoms with Crippen LogP contribution < -0.4 is 20.7 Å². The molecule has 0 aliphatic carbocycles. The van der Waals surface area contributed by atoms with Crippen LogP contribution in [0, 0.1) is 0 Å². The number of para-hydroxylation sites is 1. The van der Waals surface area contributed by atoms with Crippen LogP contribution in [0.2, 0.25) is 0 Å². The Hall–Kier alpha value is -5.59. The highest BCUT2D eigenvalue weighted by Crippen LogP contribution is 2.24. The summed E-state index contributed by atoms with van der Waals surface area (Å²) in [7, 11) is 1.19. The van der Waals surface area contributed by atoms with Crippen molar-refractivity contribution >= 4 is 40.9 Å². The van der Waals surface area contributed by atoms with Gasteiger partial charge in [-0.05, 0) is 77.3 Å². The van der Waals surface area contributed by atoms with Crippen molar-refractivity contribution in [3.63, 3.8) is 0 Å². The van der Waals surface area contributed by atoms with Crippen LogP contribution in [0.15, 0.2) is 80.0 Å². The van der Waals surface area contributed by atoms with Gasteiger partial charge < -0.3 is 34.9 Å². The fourth-order valence-corrected chi connectivity index (χ4v) is 5.14. The molecule has 3 rings (SSSR count). The van der Waals surface area contributed by atoms with E-state index in [0.717, 1.165) is 0 Å². The molecular formula is C39H50N4O9. The van der Waals surface area contributed by atoms with Gasteiger partial charge in [0.15, 0.2) is 0 Å². The van der Waals surface area contributed by atoms with Gasteiger partial charge in [0.25, 0.3) is 0 Å². The van der Waals surface area contributed by atoms with Crippen LogP contribution in [0.4, 0.5) is 9.59 Å². The lowest BCUT2D eigenvalue weighted by Gasteiger charge is -2.26. The molecule has 3 aromatic rings. The smallest absolute Gasteiger partial charge is 0.419 e. The summed E-state index contributed by atoms with van der Waals surface area (Å²) in [5.41, 5.74) is 0.115. The lowest BCUT2D eigenvalue weighted by atomic mass is 10.0. The Morgan fingerprint density at radius 1 is 0.769 bits per heavy atom. The number of alkyl carbamates (subject to hydrolysis) is 1. The maximum absolute atomic E-state index is 14.1. The van der Waals surface area contributed by atoms with Crippen molar-refractivity contribution < 1.29 is 42.9 Å². The maximum atomic E-state index is 14.1. The highest BCUT2D eigenvalue weighted by molar-refractivity contribution is 5.95. The average Bonchev–Trinajstić information content (AvgIpc) is 3.43. The molecule has 1 heterocycles. The minimum Gasteiger partial charge on any atom is -0.490 e. The molecule has 0 saturated carbocycles. The number of nitrogens with zero attached hydrogens (tertiary/aromatic N) is 1. The molecule has 0 bridgehead atoms. The van der Waals surface area contributed by atoms with Crippen LogP contribution in [0.5, 0.6) is 5.75 Å². The van der Waals surface area contributed by atoms with Gasteiger partial charge in [-0.2, -0.15) is 0 Å². The summed E-state index contributed by atoms with van der Waals surface area (Å²) in [4.78, 5) is 66.8. The maximum Gasteiger partial charge on any atom is 0.419 e. The molecular weight excluding hydrogens is 668 g/mol. The Morgan fingerprint density at radius 2 is 1.37 bits per heavy atom. The van der Waals surface area contributed by atoms with Gasteiger partial charge in [-0.25, -0.2) is 14.4 Å². The number of hydrogen-bond donors (Lipinski definition) is 3. The summed E-state index contributed by atoms with van der Waals surface area (Å²) >= 11 is 0. The molecule has 52 heavy (non-hydrogen) atoms. The van der Waals surface area contributed by atoms with E-state index in [2.05, 4.69) is 29.1 Å². The molecule has 0 fully saturated rings. The molecule has 280 valence electrons. The number of hydrogen-bond acceptors (Lipinski definition) is 9. The van der Waals surface area contributed by atoms with E-state index in [9.17, 15) is 24.0 Å². The number of amides is 3. The Balaban J connectivity index is 2.03. The second-order valence-corrected chi connectivity index (χ2v) is 14.0. The number of aromatic nitrogens is 1. The molecule has 0 unspecified atom stereocenters. The fraction of sp³-hybridized carbons (Fsp3) is 0.410. The summed E-state index contributed by atoms with van der Waals surface area (Å²) < 4.78 is 22.8. The van der Waals surface area contributed by atoms with Gasteiger partial charge in [0.1, 0.15) is 41.7 Å². The summed E-state index contributed by atoms with van der Waals surface area (Å²) in [6.45, 7) is 17.9. The Labute approximate surface area is 304 Å². The van der Waals surface area contributed by atoms with Gasteiger partial charge >= 0.3 is 18.2 Å². The van der Waals surface area contributed by atoms with E-state index in [-0.39, 0.29) is 19.3 Å². The highest BCUT2D eigenvalue weighted by Gasteiger charge is 2.32. The van der Waals surface area contributed by atoms with Crippen molar-refractivity contribution in [2.75, 3.05) is 13.7 Å². The van der Waals surface area contributed by atoms with E-state index in [1.807, 2.05) is 0 Å². The van der Waals surface area contributed by atoms with Gasteiger partial charge in [-0.3, -0.25) is 14.2 Å². The third kappa shape index (κ3) is 12.3. The number of benzene rings is 2. The van der Waals surface area contributed by atoms with Crippen LogP contribution in [0.25, 0.3) is 10.9 Å². The molecule has 13 nitrogen and oxygen atoms in total. The van der Waals surface area contributed by atoms with Crippen molar-refractivity contribution in [1.82, 2.24) is 20.5 Å². The number of nitrogens with one attached hydrogen (secondary N) is 3. The quantitative estimate of drug-likeness (QED) is 0.106. The van der Waals surface area contributed by atoms with Gasteiger partial charge in [0.05, 0.1) is 12.6 Å². The normalized spacial score (nSPS) is 13.1. The number of carbonyl (C=O) groups is 5. The van der Waals surface area contributed by atoms with Crippen LogP contribution >= 0.6 is 0 Å². The summed E-state index contributed by atoms with van der Waals surface area (Å²) in [6, 6.07) is 10.4. The number of carbonyl (C=O) groups excluding carboxylic acids is 5. The summed E-state index contributed by atoms with van der Waals surface area (Å²) in [5.74, 6) is -1.52. The zero-order valence-electron chi connectivity index (χ0n) is 30.9. The second-order valence-electron chi connectivity index (χ2n) is 14.0. The lowest BCUT2D eigenvalue weighted by Crippen LogP contribution is -2.57. The lowest BCUT2D eigenvalue weighted by molar-refractivity contribution is -0.145. The van der Waals surface area contributed by atoms with Crippen molar-refractivity contribution in [3.8, 4) is 5.75 Å². The van der Waals surface area contributed by atoms with E-state index in [1.54, 1.807) is 102 Å². The fourth-order valence-electron chi connectivity index (χ4n) is 5.14. The number of ether oxygens (including phenoxy) is 4. The minimum absolute atomic E-state index is 0.0281. The van der Waals surface area contributed by atoms with Crippen molar-refractivity contribution in [2.24, 2.45) is 0 Å². The van der Waals surface area contributed by atoms with Crippen LogP contribution in [0.3, 0.4) is 0 Å². The topological polar surface area (TPSA) is 163 Å². The predicted octanol–water partition coefficient (Wildman–Crippen LogP) is 5.39. The average molecular weight is 719 g/mol. The zero-order chi connectivity index (χ0) is 38.6. The molecule has 3 amide bonds. The molecule has 0 aliphatic heterocycles. The van der Waals surface area contributed by atoms with Crippen LogP contribution in [-0.2, 0) is 41.4 Å². The number of methoxy groups -OCH3 is 1. The molecule has 2 aromatic carbocycles. The van der Waals surface area contributed by atoms with Crippen LogP contribution in [0.1, 0.15) is 59.1 Å². The Bertz CT molecular complexity index is 1750. The first-order valence-corrected chi connectivity index (χ1v) is 16.9. The molecule has 0 aliphatic rings. The molecule has 0 radical (unpaired) electrons. The third-order valence-corrected chi connectivity index (χ3v) is 7.38. The SMILES string of the molecule is C=CCOc1ccc(C[C@H](NC(=O)OC(C)(C)C)C(=O)N[C@@H](Cc2cn(C(=O)OC(C)(C)C)c3ccccc23)C(=O)N[C@@H](CC=C)C(=O)OC)cc1. The zero-order valence-corrected chi connectivity index (χ0v) is 30.9. The van der Waals surface area contributed by atoms with Gasteiger partial charge in [0, 0.05) is 24.4 Å². The Morgan fingerprint density at radius 3 is 1.94 bits per heavy atom. The van der Waals surface area contributed by atoms with E-state index in [0.29, 0.717) is 34.4 Å². The molecule has 0 spiro atoms. The molecule has 1 aromatic heterocycles. The van der Waals surface area contributed by atoms with Crippen molar-refractivity contribution in [2.45, 2.75) is 90.1 Å². The third-order valence-electron chi connectivity index (χ3n) is 7.38. The van der Waals surface area contributed by atoms with E-state index in [4.69, 9.17) is 18.9 Å². The number of esters is 1. The van der Waals surface area contributed by atoms with E-state index in [1.165, 1.54) is 17.8 Å². The molecule has 3 atom stereocenters. The first-order chi connectivity index (χ1) is 24.4. The molecule has 13 heteroatoms. The van der Waals surface area contributed by atoms with Gasteiger partial charge in [-0.15, -0.1) is 6.58 Å². The summed E-state index contributed by atoms with van der Waals surface area (Å²) in [6.07, 6.45) is 3.15. The standard InChI is InChI=1S/C39H50N4O9/c1-10-14-29(35(46)49-9)40-34(45)31(23-26-24-43(37(48)52-39(6,7)8)32-16-13-12-15-28(26)32)41-33(44)30(42-36(47)51-38(3,4)5)22-25-17-19-27(20-18-25)50-21-11-2/h10-13,15-20,24,29-31H,1-2,14,21-23H2,3-9H3,(H,40,45)(H,41,44)(H,42,47)/t29-,30-,31-/m0/s1. The van der Waals surface area contributed by atoms with Gasteiger partial charge in [0.2, 0.25) is 11.8 Å². The van der Waals surface area contributed by atoms with Crippen molar-refractivity contribution in [1.29, 1.82) is 0 Å². The summed E-state index contributed by atoms with van der Waals surface area (Å²) in [5, 5.41) is 8.71. The van der Waals surface area contributed by atoms with E-state index < -0.39 is 59.3 Å². The molecule has 0 saturated heterocycles. The van der Waals surface area contributed by atoms with E-state index >= 15 is 0 Å². The predicted molar refractivity (Wildman–Crippen MR) is 197 cm³/mol. The van der Waals surface area contributed by atoms with Gasteiger partial charge in [-0.1, -0.05) is 49.1 Å². The first-order valence-electron chi connectivity index (χ1n) is 16.9. The molecule has 3 N–H and O–H groups in total. The number of fused-ring (bicyclic) bond motifs is 1. The monoisotopic (exact) mass is 718 g/mol. The highest BCUT2D eigenvalue weighted by atomic mass is 16.6. The van der Waals surface area contributed by atoms with Crippen molar-refractivity contribution in [3.05, 3.63) is 91.2 Å². The Kier molecular flexibility index (Phi) is 14.2. The first kappa shape index (κ1) is 40.8. The van der Waals surface area contributed by atoms with Crippen LogP contribution in [-0.4, -0.2) is 77.6 Å².